The summed E-state index contributed by atoms with van der Waals surface area (Å²) >= 11 is 0. The molecule has 0 saturated heterocycles. The quantitative estimate of drug-likeness (QED) is 0.911. The molecule has 0 aliphatic rings. The van der Waals surface area contributed by atoms with Crippen LogP contribution in [0.1, 0.15) is 35.8 Å². The summed E-state index contributed by atoms with van der Waals surface area (Å²) < 4.78 is 16.0. The SMILES string of the molecule is COc1ccc(-c2cc(C(=O)O)no2)c(OC)c1C(C)C. The van der Waals surface area contributed by atoms with E-state index in [1.165, 1.54) is 6.07 Å². The fourth-order valence-corrected chi connectivity index (χ4v) is 2.22. The normalized spacial score (nSPS) is 10.7. The zero-order chi connectivity index (χ0) is 15.6. The van der Waals surface area contributed by atoms with Crippen molar-refractivity contribution in [1.82, 2.24) is 5.16 Å². The maximum atomic E-state index is 10.9. The van der Waals surface area contributed by atoms with Crippen molar-refractivity contribution in [2.24, 2.45) is 0 Å². The van der Waals surface area contributed by atoms with Crippen LogP contribution in [0.2, 0.25) is 0 Å². The average molecular weight is 291 g/mol. The van der Waals surface area contributed by atoms with Gasteiger partial charge in [0.25, 0.3) is 0 Å². The highest BCUT2D eigenvalue weighted by Gasteiger charge is 2.22. The number of hydrogen-bond acceptors (Lipinski definition) is 5. The van der Waals surface area contributed by atoms with E-state index in [9.17, 15) is 4.79 Å². The molecule has 6 heteroatoms. The molecule has 112 valence electrons. The van der Waals surface area contributed by atoms with Crippen molar-refractivity contribution in [3.63, 3.8) is 0 Å². The molecule has 1 heterocycles. The van der Waals surface area contributed by atoms with E-state index in [0.29, 0.717) is 22.8 Å². The standard InChI is InChI=1S/C15H17NO5/c1-8(2)13-11(19-3)6-5-9(14(13)20-4)12-7-10(15(17)18)16-21-12/h5-8H,1-4H3,(H,17,18). The molecule has 0 unspecified atom stereocenters. The molecule has 2 aromatic rings. The van der Waals surface area contributed by atoms with E-state index in [1.807, 2.05) is 13.8 Å². The predicted octanol–water partition coefficient (Wildman–Crippen LogP) is 3.18. The third kappa shape index (κ3) is 2.69. The van der Waals surface area contributed by atoms with E-state index >= 15 is 0 Å². The van der Waals surface area contributed by atoms with E-state index in [1.54, 1.807) is 26.4 Å². The second-order valence-corrected chi connectivity index (χ2v) is 4.80. The van der Waals surface area contributed by atoms with Crippen LogP contribution < -0.4 is 9.47 Å². The minimum atomic E-state index is -1.14. The second kappa shape index (κ2) is 5.87. The maximum Gasteiger partial charge on any atom is 0.358 e. The highest BCUT2D eigenvalue weighted by atomic mass is 16.5. The maximum absolute atomic E-state index is 10.9. The van der Waals surface area contributed by atoms with E-state index < -0.39 is 5.97 Å². The zero-order valence-electron chi connectivity index (χ0n) is 12.3. The van der Waals surface area contributed by atoms with Crippen molar-refractivity contribution in [3.8, 4) is 22.8 Å². The summed E-state index contributed by atoms with van der Waals surface area (Å²) in [5.74, 6) is 0.674. The fourth-order valence-electron chi connectivity index (χ4n) is 2.22. The number of carboxylic acid groups (broad SMARTS) is 1. The minimum absolute atomic E-state index is 0.144. The lowest BCUT2D eigenvalue weighted by atomic mass is 9.96. The van der Waals surface area contributed by atoms with Crippen molar-refractivity contribution in [3.05, 3.63) is 29.5 Å². The Balaban J connectivity index is 2.62. The van der Waals surface area contributed by atoms with E-state index in [4.69, 9.17) is 19.1 Å². The number of carboxylic acids is 1. The summed E-state index contributed by atoms with van der Waals surface area (Å²) in [4.78, 5) is 10.9. The Morgan fingerprint density at radius 3 is 2.48 bits per heavy atom. The Hall–Kier alpha value is -2.50. The highest BCUT2D eigenvalue weighted by molar-refractivity contribution is 5.87. The van der Waals surface area contributed by atoms with Gasteiger partial charge in [-0.1, -0.05) is 19.0 Å². The number of rotatable bonds is 5. The molecule has 0 fully saturated rings. The molecule has 0 bridgehead atoms. The monoisotopic (exact) mass is 291 g/mol. The molecule has 1 N–H and O–H groups in total. The van der Waals surface area contributed by atoms with Gasteiger partial charge in [0.1, 0.15) is 11.5 Å². The van der Waals surface area contributed by atoms with Gasteiger partial charge in [-0.15, -0.1) is 0 Å². The van der Waals surface area contributed by atoms with Gasteiger partial charge in [-0.2, -0.15) is 0 Å². The second-order valence-electron chi connectivity index (χ2n) is 4.80. The van der Waals surface area contributed by atoms with Crippen LogP contribution in [0, 0.1) is 0 Å². The predicted molar refractivity (Wildman–Crippen MR) is 76.1 cm³/mol. The summed E-state index contributed by atoms with van der Waals surface area (Å²) in [6.07, 6.45) is 0. The Bertz CT molecular complexity index is 660. The Morgan fingerprint density at radius 2 is 2.00 bits per heavy atom. The summed E-state index contributed by atoms with van der Waals surface area (Å²) in [5.41, 5.74) is 1.39. The van der Waals surface area contributed by atoms with Crippen molar-refractivity contribution in [1.29, 1.82) is 0 Å². The summed E-state index contributed by atoms with van der Waals surface area (Å²) in [7, 11) is 3.15. The van der Waals surface area contributed by atoms with Gasteiger partial charge in [0, 0.05) is 11.6 Å². The third-order valence-corrected chi connectivity index (χ3v) is 3.15. The van der Waals surface area contributed by atoms with Crippen molar-refractivity contribution in [2.75, 3.05) is 14.2 Å². The van der Waals surface area contributed by atoms with Crippen molar-refractivity contribution < 1.29 is 23.9 Å². The lowest BCUT2D eigenvalue weighted by Crippen LogP contribution is -2.00. The molecule has 1 aromatic heterocycles. The molecule has 0 saturated carbocycles. The van der Waals surface area contributed by atoms with Crippen LogP contribution in [0.15, 0.2) is 22.7 Å². The molecular weight excluding hydrogens is 274 g/mol. The van der Waals surface area contributed by atoms with Gasteiger partial charge in [-0.05, 0) is 18.1 Å². The molecule has 0 spiro atoms. The lowest BCUT2D eigenvalue weighted by molar-refractivity contribution is 0.0686. The molecule has 0 aliphatic heterocycles. The van der Waals surface area contributed by atoms with Gasteiger partial charge in [-0.3, -0.25) is 0 Å². The van der Waals surface area contributed by atoms with Gasteiger partial charge >= 0.3 is 5.97 Å². The van der Waals surface area contributed by atoms with Gasteiger partial charge in [-0.25, -0.2) is 4.79 Å². The van der Waals surface area contributed by atoms with E-state index in [0.717, 1.165) is 5.56 Å². The van der Waals surface area contributed by atoms with Gasteiger partial charge in [0.2, 0.25) is 0 Å². The summed E-state index contributed by atoms with van der Waals surface area (Å²) in [6, 6.07) is 4.93. The first-order valence-corrected chi connectivity index (χ1v) is 6.44. The lowest BCUT2D eigenvalue weighted by Gasteiger charge is -2.18. The molecule has 1 aromatic carbocycles. The van der Waals surface area contributed by atoms with Gasteiger partial charge < -0.3 is 19.1 Å². The van der Waals surface area contributed by atoms with Gasteiger partial charge in [0.15, 0.2) is 11.5 Å². The topological polar surface area (TPSA) is 81.8 Å². The molecule has 21 heavy (non-hydrogen) atoms. The summed E-state index contributed by atoms with van der Waals surface area (Å²) in [5, 5.41) is 12.4. The van der Waals surface area contributed by atoms with Crippen LogP contribution in [0.25, 0.3) is 11.3 Å². The molecule has 0 atom stereocenters. The number of aromatic carboxylic acids is 1. The number of ether oxygens (including phenoxy) is 2. The molecule has 6 nitrogen and oxygen atoms in total. The van der Waals surface area contributed by atoms with Crippen LogP contribution >= 0.6 is 0 Å². The number of hydrogen-bond donors (Lipinski definition) is 1. The number of carbonyl (C=O) groups is 1. The Labute approximate surface area is 122 Å². The Morgan fingerprint density at radius 1 is 1.29 bits per heavy atom. The molecule has 2 rings (SSSR count). The van der Waals surface area contributed by atoms with Crippen LogP contribution in [-0.4, -0.2) is 30.5 Å². The smallest absolute Gasteiger partial charge is 0.358 e. The number of nitrogens with zero attached hydrogens (tertiary/aromatic N) is 1. The molecule has 0 radical (unpaired) electrons. The van der Waals surface area contributed by atoms with Crippen LogP contribution in [0.5, 0.6) is 11.5 Å². The first kappa shape index (κ1) is 14.9. The largest absolute Gasteiger partial charge is 0.496 e. The first-order chi connectivity index (χ1) is 9.99. The first-order valence-electron chi connectivity index (χ1n) is 6.44. The number of methoxy groups -OCH3 is 2. The number of aromatic nitrogens is 1. The van der Waals surface area contributed by atoms with Crippen LogP contribution in [-0.2, 0) is 0 Å². The molecule has 0 aliphatic carbocycles. The summed E-state index contributed by atoms with van der Waals surface area (Å²) in [6.45, 7) is 4.04. The Kier molecular flexibility index (Phi) is 4.16. The highest BCUT2D eigenvalue weighted by Crippen LogP contribution is 2.42. The fraction of sp³-hybridized carbons (Fsp3) is 0.333. The third-order valence-electron chi connectivity index (χ3n) is 3.15. The molecular formula is C15H17NO5. The van der Waals surface area contributed by atoms with Crippen molar-refractivity contribution in [2.45, 2.75) is 19.8 Å². The number of benzene rings is 1. The van der Waals surface area contributed by atoms with E-state index in [-0.39, 0.29) is 11.6 Å². The average Bonchev–Trinajstić information content (AvgIpc) is 2.95. The van der Waals surface area contributed by atoms with Crippen molar-refractivity contribution >= 4 is 5.97 Å². The van der Waals surface area contributed by atoms with Gasteiger partial charge in [0.05, 0.1) is 19.8 Å². The zero-order valence-corrected chi connectivity index (χ0v) is 12.3. The van der Waals surface area contributed by atoms with E-state index in [2.05, 4.69) is 5.16 Å². The molecule has 0 amide bonds. The van der Waals surface area contributed by atoms with Crippen LogP contribution in [0.3, 0.4) is 0 Å². The minimum Gasteiger partial charge on any atom is -0.496 e. The van der Waals surface area contributed by atoms with Crippen LogP contribution in [0.4, 0.5) is 0 Å².